The highest BCUT2D eigenvalue weighted by Crippen LogP contribution is 2.21. The van der Waals surface area contributed by atoms with E-state index in [0.29, 0.717) is 25.0 Å². The van der Waals surface area contributed by atoms with E-state index in [-0.39, 0.29) is 0 Å². The predicted molar refractivity (Wildman–Crippen MR) is 59.3 cm³/mol. The molecule has 0 saturated heterocycles. The van der Waals surface area contributed by atoms with Crippen LogP contribution >= 0.6 is 22.6 Å². The Morgan fingerprint density at radius 2 is 1.92 bits per heavy atom. The van der Waals surface area contributed by atoms with Crippen LogP contribution in [0.5, 0.6) is 11.8 Å². The summed E-state index contributed by atoms with van der Waals surface area (Å²) in [6.07, 6.45) is 0. The number of hydrogen-bond acceptors (Lipinski definition) is 3. The topological polar surface area (TPSA) is 31.4 Å². The molecule has 1 aromatic rings. The molecule has 13 heavy (non-hydrogen) atoms. The minimum absolute atomic E-state index is 0.617. The average Bonchev–Trinajstić information content (AvgIpc) is 2.12. The molecule has 0 radical (unpaired) electrons. The van der Waals surface area contributed by atoms with Crippen LogP contribution < -0.4 is 9.47 Å². The molecule has 1 aromatic heterocycles. The molecule has 0 aliphatic carbocycles. The molecule has 0 atom stereocenters. The second-order valence-corrected chi connectivity index (χ2v) is 3.46. The molecule has 0 bridgehead atoms. The smallest absolute Gasteiger partial charge is 0.230 e. The van der Waals surface area contributed by atoms with Gasteiger partial charge >= 0.3 is 0 Å². The number of rotatable bonds is 4. The molecule has 0 aliphatic rings. The van der Waals surface area contributed by atoms with Gasteiger partial charge in [0.25, 0.3) is 0 Å². The lowest BCUT2D eigenvalue weighted by Gasteiger charge is -2.06. The maximum Gasteiger partial charge on any atom is 0.230 e. The Bertz CT molecular complexity index is 278. The van der Waals surface area contributed by atoms with E-state index in [1.807, 2.05) is 26.0 Å². The number of aromatic nitrogens is 1. The van der Waals surface area contributed by atoms with E-state index >= 15 is 0 Å². The fraction of sp³-hybridized carbons (Fsp3) is 0.444. The zero-order chi connectivity index (χ0) is 9.68. The van der Waals surface area contributed by atoms with Gasteiger partial charge in [0.05, 0.1) is 16.8 Å². The van der Waals surface area contributed by atoms with Gasteiger partial charge in [-0.25, -0.2) is 0 Å². The van der Waals surface area contributed by atoms with Gasteiger partial charge in [-0.05, 0) is 42.5 Å². The van der Waals surface area contributed by atoms with Gasteiger partial charge in [-0.3, -0.25) is 0 Å². The Kier molecular flexibility index (Phi) is 4.27. The van der Waals surface area contributed by atoms with Gasteiger partial charge in [0.2, 0.25) is 11.8 Å². The van der Waals surface area contributed by atoms with Crippen LogP contribution in [0.3, 0.4) is 0 Å². The molecule has 0 spiro atoms. The molecule has 0 N–H and O–H groups in total. The largest absolute Gasteiger partial charge is 0.478 e. The van der Waals surface area contributed by atoms with E-state index in [4.69, 9.17) is 9.47 Å². The minimum atomic E-state index is 0.617. The fourth-order valence-electron chi connectivity index (χ4n) is 0.873. The summed E-state index contributed by atoms with van der Waals surface area (Å²) in [5.74, 6) is 1.26. The third-order valence-electron chi connectivity index (χ3n) is 1.36. The normalized spacial score (nSPS) is 9.77. The lowest BCUT2D eigenvalue weighted by Crippen LogP contribution is -2.00. The molecule has 72 valence electrons. The Balaban J connectivity index is 2.83. The molecule has 1 heterocycles. The van der Waals surface area contributed by atoms with Gasteiger partial charge in [-0.1, -0.05) is 0 Å². The van der Waals surface area contributed by atoms with Crippen molar-refractivity contribution in [3.63, 3.8) is 0 Å². The van der Waals surface area contributed by atoms with Crippen molar-refractivity contribution < 1.29 is 9.47 Å². The van der Waals surface area contributed by atoms with Crippen LogP contribution in [0.2, 0.25) is 0 Å². The van der Waals surface area contributed by atoms with Crippen LogP contribution in [-0.2, 0) is 0 Å². The summed E-state index contributed by atoms with van der Waals surface area (Å²) in [5.41, 5.74) is 0. The lowest BCUT2D eigenvalue weighted by molar-refractivity contribution is 0.297. The van der Waals surface area contributed by atoms with Crippen molar-refractivity contribution in [2.24, 2.45) is 0 Å². The molecule has 0 saturated carbocycles. The van der Waals surface area contributed by atoms with E-state index in [9.17, 15) is 0 Å². The summed E-state index contributed by atoms with van der Waals surface area (Å²) in [6.45, 7) is 5.11. The van der Waals surface area contributed by atoms with Gasteiger partial charge in [0.15, 0.2) is 0 Å². The van der Waals surface area contributed by atoms with Crippen molar-refractivity contribution in [3.8, 4) is 11.8 Å². The van der Waals surface area contributed by atoms with Crippen LogP contribution in [0.1, 0.15) is 13.8 Å². The monoisotopic (exact) mass is 293 g/mol. The summed E-state index contributed by atoms with van der Waals surface area (Å²) >= 11 is 2.19. The van der Waals surface area contributed by atoms with E-state index in [0.717, 1.165) is 3.57 Å². The maximum atomic E-state index is 5.33. The highest BCUT2D eigenvalue weighted by molar-refractivity contribution is 14.1. The predicted octanol–water partition coefficient (Wildman–Crippen LogP) is 2.48. The highest BCUT2D eigenvalue weighted by atomic mass is 127. The summed E-state index contributed by atoms with van der Waals surface area (Å²) in [7, 11) is 0. The SMILES string of the molecule is CCOc1ccc(I)c(OCC)n1. The molecule has 0 fully saturated rings. The fourth-order valence-corrected chi connectivity index (χ4v) is 1.33. The highest BCUT2D eigenvalue weighted by Gasteiger charge is 2.03. The van der Waals surface area contributed by atoms with Crippen LogP contribution in [0.15, 0.2) is 12.1 Å². The summed E-state index contributed by atoms with van der Waals surface area (Å²) in [6, 6.07) is 3.78. The first-order valence-electron chi connectivity index (χ1n) is 4.20. The van der Waals surface area contributed by atoms with Crippen molar-refractivity contribution in [1.82, 2.24) is 4.98 Å². The van der Waals surface area contributed by atoms with E-state index < -0.39 is 0 Å². The standard InChI is InChI=1S/C9H12INO2/c1-3-12-8-6-5-7(10)9(11-8)13-4-2/h5-6H,3-4H2,1-2H3. The first kappa shape index (κ1) is 10.6. The van der Waals surface area contributed by atoms with Crippen LogP contribution in [0.4, 0.5) is 0 Å². The molecule has 0 aliphatic heterocycles. The van der Waals surface area contributed by atoms with Crippen molar-refractivity contribution in [2.75, 3.05) is 13.2 Å². The first-order valence-corrected chi connectivity index (χ1v) is 5.28. The van der Waals surface area contributed by atoms with Crippen molar-refractivity contribution in [3.05, 3.63) is 15.7 Å². The second-order valence-electron chi connectivity index (χ2n) is 2.30. The van der Waals surface area contributed by atoms with Gasteiger partial charge in [0.1, 0.15) is 0 Å². The molecule has 0 unspecified atom stereocenters. The number of ether oxygens (including phenoxy) is 2. The van der Waals surface area contributed by atoms with E-state index in [1.54, 1.807) is 0 Å². The zero-order valence-electron chi connectivity index (χ0n) is 7.71. The second kappa shape index (κ2) is 5.26. The van der Waals surface area contributed by atoms with Gasteiger partial charge in [-0.15, -0.1) is 0 Å². The lowest BCUT2D eigenvalue weighted by atomic mass is 10.5. The third-order valence-corrected chi connectivity index (χ3v) is 2.18. The Labute approximate surface area is 91.6 Å². The number of halogens is 1. The Morgan fingerprint density at radius 1 is 1.23 bits per heavy atom. The van der Waals surface area contributed by atoms with E-state index in [1.165, 1.54) is 0 Å². The number of nitrogens with zero attached hydrogens (tertiary/aromatic N) is 1. The molecular weight excluding hydrogens is 281 g/mol. The molecular formula is C9H12INO2. The molecule has 0 aromatic carbocycles. The first-order chi connectivity index (χ1) is 6.27. The summed E-state index contributed by atoms with van der Waals surface area (Å²) in [4.78, 5) is 4.20. The quantitative estimate of drug-likeness (QED) is 0.799. The maximum absolute atomic E-state index is 5.33. The van der Waals surface area contributed by atoms with Gasteiger partial charge in [-0.2, -0.15) is 4.98 Å². The number of pyridine rings is 1. The van der Waals surface area contributed by atoms with Crippen molar-refractivity contribution >= 4 is 22.6 Å². The minimum Gasteiger partial charge on any atom is -0.478 e. The average molecular weight is 293 g/mol. The van der Waals surface area contributed by atoms with Gasteiger partial charge in [0, 0.05) is 6.07 Å². The van der Waals surface area contributed by atoms with Crippen molar-refractivity contribution in [2.45, 2.75) is 13.8 Å². The molecule has 3 nitrogen and oxygen atoms in total. The zero-order valence-corrected chi connectivity index (χ0v) is 9.87. The summed E-state index contributed by atoms with van der Waals surface area (Å²) in [5, 5.41) is 0. The van der Waals surface area contributed by atoms with Crippen LogP contribution in [-0.4, -0.2) is 18.2 Å². The number of hydrogen-bond donors (Lipinski definition) is 0. The van der Waals surface area contributed by atoms with Crippen molar-refractivity contribution in [1.29, 1.82) is 0 Å². The van der Waals surface area contributed by atoms with Crippen LogP contribution in [0, 0.1) is 3.57 Å². The Hall–Kier alpha value is -0.520. The summed E-state index contributed by atoms with van der Waals surface area (Å²) < 4.78 is 11.6. The Morgan fingerprint density at radius 3 is 2.54 bits per heavy atom. The van der Waals surface area contributed by atoms with Crippen LogP contribution in [0.25, 0.3) is 0 Å². The van der Waals surface area contributed by atoms with Gasteiger partial charge < -0.3 is 9.47 Å². The molecule has 1 rings (SSSR count). The van der Waals surface area contributed by atoms with E-state index in [2.05, 4.69) is 27.6 Å². The molecule has 0 amide bonds. The third kappa shape index (κ3) is 3.02. The molecule has 4 heteroatoms.